The molecule has 0 N–H and O–H groups in total. The van der Waals surface area contributed by atoms with E-state index in [2.05, 4.69) is 25.6 Å². The molecule has 0 spiro atoms. The molecule has 0 radical (unpaired) electrons. The van der Waals surface area contributed by atoms with Gasteiger partial charge in [0.05, 0.1) is 19.6 Å². The van der Waals surface area contributed by atoms with Crippen LogP contribution in [0.1, 0.15) is 68.7 Å². The number of hydrogen-bond donors (Lipinski definition) is 0. The van der Waals surface area contributed by atoms with Crippen LogP contribution < -0.4 is 10.4 Å². The first kappa shape index (κ1) is 44.7. The van der Waals surface area contributed by atoms with Crippen molar-refractivity contribution < 1.29 is 51.7 Å². The van der Waals surface area contributed by atoms with Crippen molar-refractivity contribution in [2.45, 2.75) is 116 Å². The molecule has 0 heterocycles. The molecule has 0 aromatic heterocycles. The number of carbonyl (C=O) groups is 3. The molecule has 0 unspecified atom stereocenters. The van der Waals surface area contributed by atoms with Crippen LogP contribution in [0.15, 0.2) is 60.7 Å². The molecule has 288 valence electrons. The molecule has 0 aliphatic carbocycles. The Morgan fingerprint density at radius 1 is 0.788 bits per heavy atom. The Bertz CT molecular complexity index is 1500. The van der Waals surface area contributed by atoms with E-state index in [1.54, 1.807) is 61.2 Å². The standard InChI is InChI=1S/C38H58N2O10Si2/c1-35(2,3)48-33(42)32(40-39)38(50-51(11,12)13,34(43)49-36(4,5)6)30(47-31(41)24-25-45-27-44-10)26-46-52(37(7,8)9,28-20-16-14-17-21-28)29-22-18-15-19-23-29/h14-23,30H,24-27H2,1-13H3/t30-,38-/m1/s1. The molecule has 0 amide bonds. The highest BCUT2D eigenvalue weighted by atomic mass is 28.4. The zero-order valence-electron chi connectivity index (χ0n) is 33.2. The topological polar surface area (TPSA) is 152 Å². The lowest BCUT2D eigenvalue weighted by Crippen LogP contribution is -2.70. The van der Waals surface area contributed by atoms with Crippen LogP contribution in [-0.4, -0.2) is 95.1 Å². The number of esters is 3. The molecule has 2 rings (SSSR count). The summed E-state index contributed by atoms with van der Waals surface area (Å²) in [6.45, 7) is 20.7. The third-order valence-electron chi connectivity index (χ3n) is 7.46. The Balaban J connectivity index is 3.05. The minimum atomic E-state index is -3.38. The van der Waals surface area contributed by atoms with Gasteiger partial charge in [-0.1, -0.05) is 81.4 Å². The second-order valence-corrected chi connectivity index (χ2v) is 25.2. The molecular formula is C38H58N2O10Si2. The number of carbonyl (C=O) groups excluding carboxylic acids is 3. The van der Waals surface area contributed by atoms with Crippen LogP contribution in [0.25, 0.3) is 5.53 Å². The van der Waals surface area contributed by atoms with Gasteiger partial charge in [0, 0.05) is 7.11 Å². The number of ether oxygens (including phenoxy) is 5. The van der Waals surface area contributed by atoms with Crippen LogP contribution in [-0.2, 0) is 46.9 Å². The van der Waals surface area contributed by atoms with Crippen molar-refractivity contribution in [2.75, 3.05) is 27.1 Å². The predicted octanol–water partition coefficient (Wildman–Crippen LogP) is 5.43. The van der Waals surface area contributed by atoms with Gasteiger partial charge in [-0.25, -0.2) is 9.59 Å². The summed E-state index contributed by atoms with van der Waals surface area (Å²) in [5.74, 6) is -3.10. The largest absolute Gasteiger partial charge is 0.457 e. The maximum Gasteiger partial charge on any atom is 0.421 e. The third kappa shape index (κ3) is 12.0. The van der Waals surface area contributed by atoms with E-state index in [1.165, 1.54) is 7.11 Å². The molecule has 0 bridgehead atoms. The van der Waals surface area contributed by atoms with Gasteiger partial charge in [0.25, 0.3) is 8.32 Å². The minimum absolute atomic E-state index is 0.0613. The molecule has 0 aliphatic heterocycles. The maximum atomic E-state index is 14.8. The maximum absolute atomic E-state index is 14.8. The first-order chi connectivity index (χ1) is 23.9. The zero-order chi connectivity index (χ0) is 39.6. The fourth-order valence-corrected chi connectivity index (χ4v) is 11.5. The minimum Gasteiger partial charge on any atom is -0.457 e. The smallest absolute Gasteiger partial charge is 0.421 e. The van der Waals surface area contributed by atoms with Crippen LogP contribution in [0.2, 0.25) is 24.7 Å². The summed E-state index contributed by atoms with van der Waals surface area (Å²) < 4.78 is 41.9. The first-order valence-corrected chi connectivity index (χ1v) is 22.7. The first-order valence-electron chi connectivity index (χ1n) is 17.3. The second kappa shape index (κ2) is 18.0. The molecule has 52 heavy (non-hydrogen) atoms. The number of nitrogens with zero attached hydrogens (tertiary/aromatic N) is 2. The van der Waals surface area contributed by atoms with E-state index < -0.39 is 74.8 Å². The molecule has 0 aliphatic rings. The van der Waals surface area contributed by atoms with Crippen molar-refractivity contribution in [1.82, 2.24) is 0 Å². The van der Waals surface area contributed by atoms with Gasteiger partial charge >= 0.3 is 29.2 Å². The summed E-state index contributed by atoms with van der Waals surface area (Å²) in [6, 6.07) is 19.4. The molecule has 2 aromatic carbocycles. The lowest BCUT2D eigenvalue weighted by Gasteiger charge is -2.45. The molecule has 14 heteroatoms. The van der Waals surface area contributed by atoms with E-state index in [9.17, 15) is 19.9 Å². The van der Waals surface area contributed by atoms with Crippen molar-refractivity contribution in [3.05, 3.63) is 66.2 Å². The fourth-order valence-electron chi connectivity index (χ4n) is 5.68. The van der Waals surface area contributed by atoms with E-state index in [4.69, 9.17) is 32.5 Å². The lowest BCUT2D eigenvalue weighted by atomic mass is 9.90. The Morgan fingerprint density at radius 3 is 1.69 bits per heavy atom. The molecular weight excluding hydrogens is 701 g/mol. The zero-order valence-corrected chi connectivity index (χ0v) is 35.2. The summed E-state index contributed by atoms with van der Waals surface area (Å²) >= 11 is 0. The summed E-state index contributed by atoms with van der Waals surface area (Å²) in [5, 5.41) is 1.28. The van der Waals surface area contributed by atoms with Crippen molar-refractivity contribution in [2.24, 2.45) is 0 Å². The van der Waals surface area contributed by atoms with Crippen LogP contribution >= 0.6 is 0 Å². The van der Waals surface area contributed by atoms with Crippen LogP contribution in [0, 0.1) is 0 Å². The van der Waals surface area contributed by atoms with E-state index in [0.717, 1.165) is 10.4 Å². The molecule has 0 saturated heterocycles. The quantitative estimate of drug-likeness (QED) is 0.0299. The molecule has 12 nitrogen and oxygen atoms in total. The Hall–Kier alpha value is -3.50. The number of benzene rings is 2. The Morgan fingerprint density at radius 2 is 1.29 bits per heavy atom. The average Bonchev–Trinajstić information content (AvgIpc) is 3.00. The monoisotopic (exact) mass is 758 g/mol. The highest BCUT2D eigenvalue weighted by Crippen LogP contribution is 2.38. The number of hydrogen-bond acceptors (Lipinski definition) is 10. The second-order valence-electron chi connectivity index (χ2n) is 16.4. The van der Waals surface area contributed by atoms with Crippen molar-refractivity contribution in [1.29, 1.82) is 0 Å². The molecule has 2 aromatic rings. The third-order valence-corrected chi connectivity index (χ3v) is 13.4. The van der Waals surface area contributed by atoms with E-state index >= 15 is 0 Å². The van der Waals surface area contributed by atoms with Gasteiger partial charge < -0.3 is 38.1 Å². The van der Waals surface area contributed by atoms with E-state index in [-0.39, 0.29) is 19.8 Å². The highest BCUT2D eigenvalue weighted by Gasteiger charge is 2.67. The van der Waals surface area contributed by atoms with Gasteiger partial charge in [-0.3, -0.25) is 4.79 Å². The fraction of sp³-hybridized carbons (Fsp3) is 0.579. The molecule has 2 atom stereocenters. The van der Waals surface area contributed by atoms with Gasteiger partial charge in [0.2, 0.25) is 0 Å². The highest BCUT2D eigenvalue weighted by molar-refractivity contribution is 6.99. The predicted molar refractivity (Wildman–Crippen MR) is 203 cm³/mol. The summed E-state index contributed by atoms with van der Waals surface area (Å²) in [6.07, 6.45) is -1.99. The number of methoxy groups -OCH3 is 1. The average molecular weight is 759 g/mol. The van der Waals surface area contributed by atoms with Crippen molar-refractivity contribution >= 4 is 50.6 Å². The van der Waals surface area contributed by atoms with Crippen LogP contribution in [0.4, 0.5) is 0 Å². The van der Waals surface area contributed by atoms with Gasteiger partial charge in [0.15, 0.2) is 14.4 Å². The van der Waals surface area contributed by atoms with Crippen molar-refractivity contribution in [3.63, 3.8) is 0 Å². The summed E-state index contributed by atoms with van der Waals surface area (Å²) in [4.78, 5) is 45.9. The van der Waals surface area contributed by atoms with Gasteiger partial charge in [-0.2, -0.15) is 4.79 Å². The Kier molecular flexibility index (Phi) is 15.5. The number of rotatable bonds is 17. The lowest BCUT2D eigenvalue weighted by molar-refractivity contribution is -0.193. The Labute approximate surface area is 311 Å². The normalized spacial score (nSPS) is 14.4. The van der Waals surface area contributed by atoms with Crippen molar-refractivity contribution in [3.8, 4) is 0 Å². The van der Waals surface area contributed by atoms with E-state index in [0.29, 0.717) is 0 Å². The van der Waals surface area contributed by atoms with Gasteiger partial charge in [-0.15, -0.1) is 0 Å². The van der Waals surface area contributed by atoms with Gasteiger partial charge in [0.1, 0.15) is 18.0 Å². The summed E-state index contributed by atoms with van der Waals surface area (Å²) in [5.41, 5.74) is 4.97. The molecule has 0 saturated carbocycles. The van der Waals surface area contributed by atoms with Crippen LogP contribution in [0.3, 0.4) is 0 Å². The van der Waals surface area contributed by atoms with E-state index in [1.807, 2.05) is 60.7 Å². The summed E-state index contributed by atoms with van der Waals surface area (Å²) in [7, 11) is -4.91. The SMILES string of the molecule is COCOCCC(=O)O[C@H](CO[Si](c1ccccc1)(c1ccccc1)C(C)(C)C)[C@](O[Si](C)(C)C)(C(=O)OC(C)(C)C)C(=[N+]=[N-])C(=O)OC(C)(C)C. The molecule has 0 fully saturated rings. The van der Waals surface area contributed by atoms with Crippen LogP contribution in [0.5, 0.6) is 0 Å². The van der Waals surface area contributed by atoms with Gasteiger partial charge in [-0.05, 0) is 76.6 Å².